The van der Waals surface area contributed by atoms with Crippen LogP contribution >= 0.6 is 11.8 Å². The summed E-state index contributed by atoms with van der Waals surface area (Å²) in [6, 6.07) is 1.77. The molecule has 0 saturated heterocycles. The third-order valence-corrected chi connectivity index (χ3v) is 2.85. The highest BCUT2D eigenvalue weighted by Crippen LogP contribution is 2.26. The molecule has 6 heteroatoms. The molecule has 2 aromatic rings. The van der Waals surface area contributed by atoms with Gasteiger partial charge in [0, 0.05) is 25.7 Å². The second-order valence-electron chi connectivity index (χ2n) is 3.35. The van der Waals surface area contributed by atoms with Crippen LogP contribution in [-0.2, 0) is 13.5 Å². The molecule has 0 aromatic carbocycles. The van der Waals surface area contributed by atoms with Crippen LogP contribution < -0.4 is 5.73 Å². The molecule has 2 rings (SSSR count). The van der Waals surface area contributed by atoms with Gasteiger partial charge >= 0.3 is 0 Å². The molecule has 0 bridgehead atoms. The number of nitrogens with two attached hydrogens (primary N) is 1. The predicted molar refractivity (Wildman–Crippen MR) is 63.2 cm³/mol. The molecule has 0 saturated carbocycles. The fourth-order valence-corrected chi connectivity index (χ4v) is 2.15. The van der Waals surface area contributed by atoms with Crippen molar-refractivity contribution in [2.75, 3.05) is 5.73 Å². The summed E-state index contributed by atoms with van der Waals surface area (Å²) < 4.78 is 1.76. The number of aromatic nitrogens is 4. The molecule has 0 radical (unpaired) electrons. The monoisotopic (exact) mass is 235 g/mol. The summed E-state index contributed by atoms with van der Waals surface area (Å²) in [5, 5.41) is 4.96. The minimum Gasteiger partial charge on any atom is -0.384 e. The standard InChI is InChI=1S/C10H13N5S/c1-3-9-13-8(11)4-10(14-9)16-7-5-12-15(2)6-7/h4-6H,3H2,1-2H3,(H2,11,13,14). The smallest absolute Gasteiger partial charge is 0.131 e. The van der Waals surface area contributed by atoms with Gasteiger partial charge in [-0.1, -0.05) is 18.7 Å². The number of nitrogens with zero attached hydrogens (tertiary/aromatic N) is 4. The number of aryl methyl sites for hydroxylation is 2. The molecule has 16 heavy (non-hydrogen) atoms. The van der Waals surface area contributed by atoms with Crippen LogP contribution in [0, 0.1) is 0 Å². The summed E-state index contributed by atoms with van der Waals surface area (Å²) in [6.45, 7) is 2.01. The Balaban J connectivity index is 2.24. The van der Waals surface area contributed by atoms with E-state index in [9.17, 15) is 0 Å². The van der Waals surface area contributed by atoms with E-state index in [1.807, 2.05) is 20.2 Å². The number of rotatable bonds is 3. The van der Waals surface area contributed by atoms with Gasteiger partial charge in [0.15, 0.2) is 0 Å². The molecule has 0 spiro atoms. The molecular weight excluding hydrogens is 222 g/mol. The first kappa shape index (κ1) is 10.9. The van der Waals surface area contributed by atoms with Crippen LogP contribution in [0.25, 0.3) is 0 Å². The summed E-state index contributed by atoms with van der Waals surface area (Å²) >= 11 is 1.54. The van der Waals surface area contributed by atoms with Crippen molar-refractivity contribution in [2.45, 2.75) is 23.3 Å². The van der Waals surface area contributed by atoms with E-state index in [-0.39, 0.29) is 0 Å². The van der Waals surface area contributed by atoms with Crippen LogP contribution in [0.15, 0.2) is 28.4 Å². The Bertz CT molecular complexity index is 494. The van der Waals surface area contributed by atoms with Crippen molar-refractivity contribution in [3.8, 4) is 0 Å². The molecule has 0 atom stereocenters. The maximum absolute atomic E-state index is 5.71. The van der Waals surface area contributed by atoms with Crippen molar-refractivity contribution in [1.82, 2.24) is 19.7 Å². The van der Waals surface area contributed by atoms with Gasteiger partial charge in [-0.25, -0.2) is 9.97 Å². The summed E-state index contributed by atoms with van der Waals surface area (Å²) in [5.41, 5.74) is 5.71. The van der Waals surface area contributed by atoms with E-state index < -0.39 is 0 Å². The Morgan fingerprint density at radius 1 is 1.44 bits per heavy atom. The van der Waals surface area contributed by atoms with Gasteiger partial charge in [0.2, 0.25) is 0 Å². The summed E-state index contributed by atoms with van der Waals surface area (Å²) in [5.74, 6) is 1.28. The quantitative estimate of drug-likeness (QED) is 0.816. The minimum absolute atomic E-state index is 0.512. The number of hydrogen-bond donors (Lipinski definition) is 1. The van der Waals surface area contributed by atoms with E-state index in [0.29, 0.717) is 5.82 Å². The van der Waals surface area contributed by atoms with Crippen LogP contribution in [0.2, 0.25) is 0 Å². The molecule has 0 amide bonds. The zero-order chi connectivity index (χ0) is 11.5. The molecule has 2 heterocycles. The third-order valence-electron chi connectivity index (χ3n) is 1.99. The van der Waals surface area contributed by atoms with Crippen molar-refractivity contribution in [2.24, 2.45) is 7.05 Å². The zero-order valence-electron chi connectivity index (χ0n) is 9.21. The second kappa shape index (κ2) is 4.52. The van der Waals surface area contributed by atoms with E-state index in [4.69, 9.17) is 5.73 Å². The molecule has 2 N–H and O–H groups in total. The lowest BCUT2D eigenvalue weighted by atomic mass is 10.4. The first-order chi connectivity index (χ1) is 7.67. The fourth-order valence-electron chi connectivity index (χ4n) is 1.27. The third kappa shape index (κ3) is 2.52. The van der Waals surface area contributed by atoms with Crippen molar-refractivity contribution in [3.63, 3.8) is 0 Å². The van der Waals surface area contributed by atoms with E-state index >= 15 is 0 Å². The van der Waals surface area contributed by atoms with E-state index in [2.05, 4.69) is 15.1 Å². The summed E-state index contributed by atoms with van der Waals surface area (Å²) in [7, 11) is 1.88. The SMILES string of the molecule is CCc1nc(N)cc(Sc2cnn(C)c2)n1. The first-order valence-corrected chi connectivity index (χ1v) is 5.79. The fraction of sp³-hybridized carbons (Fsp3) is 0.300. The van der Waals surface area contributed by atoms with Crippen molar-refractivity contribution < 1.29 is 0 Å². The molecule has 0 aliphatic carbocycles. The van der Waals surface area contributed by atoms with Crippen LogP contribution in [0.4, 0.5) is 5.82 Å². The van der Waals surface area contributed by atoms with Crippen LogP contribution in [0.3, 0.4) is 0 Å². The van der Waals surface area contributed by atoms with E-state index in [0.717, 1.165) is 22.2 Å². The molecule has 0 unspecified atom stereocenters. The minimum atomic E-state index is 0.512. The zero-order valence-corrected chi connectivity index (χ0v) is 10.0. The Labute approximate surface area is 98.1 Å². The Hall–Kier alpha value is -1.56. The topological polar surface area (TPSA) is 69.6 Å². The van der Waals surface area contributed by atoms with Gasteiger partial charge in [-0.2, -0.15) is 5.10 Å². The second-order valence-corrected chi connectivity index (χ2v) is 4.45. The number of anilines is 1. The molecule has 0 aliphatic heterocycles. The normalized spacial score (nSPS) is 10.6. The maximum atomic E-state index is 5.71. The van der Waals surface area contributed by atoms with E-state index in [1.165, 1.54) is 11.8 Å². The lowest BCUT2D eigenvalue weighted by Crippen LogP contribution is -1.99. The lowest BCUT2D eigenvalue weighted by molar-refractivity contribution is 0.766. The van der Waals surface area contributed by atoms with Gasteiger partial charge in [0.05, 0.1) is 11.1 Å². The summed E-state index contributed by atoms with van der Waals surface area (Å²) in [6.07, 6.45) is 4.52. The molecule has 2 aromatic heterocycles. The van der Waals surface area contributed by atoms with Crippen LogP contribution in [-0.4, -0.2) is 19.7 Å². The van der Waals surface area contributed by atoms with Crippen LogP contribution in [0.5, 0.6) is 0 Å². The molecule has 84 valence electrons. The average Bonchev–Trinajstić information content (AvgIpc) is 2.63. The molecule has 0 fully saturated rings. The Morgan fingerprint density at radius 3 is 2.88 bits per heavy atom. The van der Waals surface area contributed by atoms with Gasteiger partial charge in [-0.15, -0.1) is 0 Å². The van der Waals surface area contributed by atoms with E-state index in [1.54, 1.807) is 16.9 Å². The van der Waals surface area contributed by atoms with Crippen molar-refractivity contribution >= 4 is 17.6 Å². The highest BCUT2D eigenvalue weighted by atomic mass is 32.2. The number of hydrogen-bond acceptors (Lipinski definition) is 5. The largest absolute Gasteiger partial charge is 0.384 e. The van der Waals surface area contributed by atoms with Gasteiger partial charge in [0.25, 0.3) is 0 Å². The Morgan fingerprint density at radius 2 is 2.25 bits per heavy atom. The van der Waals surface area contributed by atoms with Gasteiger partial charge < -0.3 is 5.73 Å². The molecular formula is C10H13N5S. The lowest BCUT2D eigenvalue weighted by Gasteiger charge is -2.02. The van der Waals surface area contributed by atoms with Gasteiger partial charge in [0.1, 0.15) is 16.7 Å². The molecule has 0 aliphatic rings. The van der Waals surface area contributed by atoms with Crippen LogP contribution in [0.1, 0.15) is 12.7 Å². The Kier molecular flexibility index (Phi) is 3.09. The molecule has 5 nitrogen and oxygen atoms in total. The highest BCUT2D eigenvalue weighted by Gasteiger charge is 2.04. The van der Waals surface area contributed by atoms with Crippen molar-refractivity contribution in [3.05, 3.63) is 24.3 Å². The summed E-state index contributed by atoms with van der Waals surface area (Å²) in [4.78, 5) is 9.57. The first-order valence-electron chi connectivity index (χ1n) is 4.97. The predicted octanol–water partition coefficient (Wildman–Crippen LogP) is 1.51. The maximum Gasteiger partial charge on any atom is 0.131 e. The van der Waals surface area contributed by atoms with Gasteiger partial charge in [-0.3, -0.25) is 4.68 Å². The van der Waals surface area contributed by atoms with Crippen molar-refractivity contribution in [1.29, 1.82) is 0 Å². The highest BCUT2D eigenvalue weighted by molar-refractivity contribution is 7.99. The number of nitrogen functional groups attached to an aromatic ring is 1. The van der Waals surface area contributed by atoms with Gasteiger partial charge in [-0.05, 0) is 0 Å². The average molecular weight is 235 g/mol.